The molecule has 0 spiro atoms. The molecule has 0 aliphatic heterocycles. The predicted octanol–water partition coefficient (Wildman–Crippen LogP) is 5.73. The van der Waals surface area contributed by atoms with Gasteiger partial charge in [0.05, 0.1) is 24.4 Å². The van der Waals surface area contributed by atoms with Gasteiger partial charge in [0.2, 0.25) is 0 Å². The Morgan fingerprint density at radius 1 is 1.05 bits per heavy atom. The van der Waals surface area contributed by atoms with Gasteiger partial charge in [-0.1, -0.05) is 26.0 Å². The van der Waals surface area contributed by atoms with Crippen molar-refractivity contribution in [3.8, 4) is 0 Å². The van der Waals surface area contributed by atoms with Crippen LogP contribution in [0.3, 0.4) is 0 Å². The molecule has 6 nitrogen and oxygen atoms in total. The van der Waals surface area contributed by atoms with Gasteiger partial charge in [-0.2, -0.15) is 0 Å². The van der Waals surface area contributed by atoms with E-state index < -0.39 is 18.2 Å². The van der Waals surface area contributed by atoms with Crippen molar-refractivity contribution >= 4 is 11.8 Å². The summed E-state index contributed by atoms with van der Waals surface area (Å²) >= 11 is 0. The molecule has 1 aromatic carbocycles. The number of ether oxygens (including phenoxy) is 2. The maximum absolute atomic E-state index is 12.6. The molecule has 0 aromatic heterocycles. The molecule has 3 saturated carbocycles. The topological polar surface area (TPSA) is 93.1 Å². The second kappa shape index (κ2) is 10.2. The molecule has 0 bridgehead atoms. The number of fused-ring (bicyclic) bond motifs is 5. The van der Waals surface area contributed by atoms with Crippen molar-refractivity contribution < 1.29 is 29.3 Å². The quantitative estimate of drug-likeness (QED) is 0.443. The lowest BCUT2D eigenvalue weighted by Crippen LogP contribution is -2.58. The standard InChI is InChI=1S/C32H44O6/c1-6-37-27-16-25-29(38-17-21-8-7-20(30(35)36)15-18(21)2)26(34)12-14-32(25,5)24-11-13-31(4)22(19(3)33)9-10-23(31)28(24)27/h7-8,15-16,22-24,26-29,34H,6,9-14,17H2,1-5H3,(H,35,36)/t22-,23?,24?,26+,27?,28?,29?,31-,32-/m1/s1. The van der Waals surface area contributed by atoms with Gasteiger partial charge in [0.25, 0.3) is 0 Å². The molecule has 4 aliphatic rings. The van der Waals surface area contributed by atoms with Gasteiger partial charge in [-0.3, -0.25) is 4.79 Å². The van der Waals surface area contributed by atoms with Crippen LogP contribution < -0.4 is 0 Å². The molecule has 4 aliphatic carbocycles. The molecule has 5 rings (SSSR count). The van der Waals surface area contributed by atoms with Crippen molar-refractivity contribution in [3.63, 3.8) is 0 Å². The normalized spacial score (nSPS) is 40.1. The number of ketones is 1. The lowest BCUT2D eigenvalue weighted by Gasteiger charge is -2.60. The number of aryl methyl sites for hydroxylation is 1. The lowest BCUT2D eigenvalue weighted by molar-refractivity contribution is -0.140. The molecule has 38 heavy (non-hydrogen) atoms. The number of carbonyl (C=O) groups excluding carboxylic acids is 1. The van der Waals surface area contributed by atoms with Crippen molar-refractivity contribution in [1.29, 1.82) is 0 Å². The minimum atomic E-state index is -0.941. The van der Waals surface area contributed by atoms with Crippen LogP contribution in [0.1, 0.15) is 87.7 Å². The highest BCUT2D eigenvalue weighted by Gasteiger charge is 2.62. The van der Waals surface area contributed by atoms with E-state index in [1.54, 1.807) is 19.1 Å². The van der Waals surface area contributed by atoms with Gasteiger partial charge < -0.3 is 19.7 Å². The second-order valence-corrected chi connectivity index (χ2v) is 12.8. The van der Waals surface area contributed by atoms with Gasteiger partial charge in [-0.05, 0) is 117 Å². The maximum Gasteiger partial charge on any atom is 0.335 e. The molecular formula is C32H44O6. The number of hydrogen-bond acceptors (Lipinski definition) is 5. The summed E-state index contributed by atoms with van der Waals surface area (Å²) < 4.78 is 12.9. The molecule has 2 N–H and O–H groups in total. The Morgan fingerprint density at radius 3 is 2.47 bits per heavy atom. The Labute approximate surface area is 226 Å². The Kier molecular flexibility index (Phi) is 7.38. The summed E-state index contributed by atoms with van der Waals surface area (Å²) in [7, 11) is 0. The van der Waals surface area contributed by atoms with E-state index in [9.17, 15) is 19.8 Å². The number of carbonyl (C=O) groups is 2. The minimum Gasteiger partial charge on any atom is -0.478 e. The average Bonchev–Trinajstić information content (AvgIpc) is 3.22. The predicted molar refractivity (Wildman–Crippen MR) is 145 cm³/mol. The third kappa shape index (κ3) is 4.37. The maximum atomic E-state index is 12.6. The molecule has 3 fully saturated rings. The number of Topliss-reactive ketones (excluding diaryl/α,β-unsaturated/α-hetero) is 1. The van der Waals surface area contributed by atoms with E-state index >= 15 is 0 Å². The monoisotopic (exact) mass is 524 g/mol. The van der Waals surface area contributed by atoms with Crippen LogP contribution in [0.15, 0.2) is 29.8 Å². The fourth-order valence-electron chi connectivity index (χ4n) is 9.04. The molecule has 9 atom stereocenters. The highest BCUT2D eigenvalue weighted by atomic mass is 16.5. The van der Waals surface area contributed by atoms with Crippen LogP contribution in [0.5, 0.6) is 0 Å². The third-order valence-electron chi connectivity index (χ3n) is 11.0. The second-order valence-electron chi connectivity index (χ2n) is 12.8. The largest absolute Gasteiger partial charge is 0.478 e. The first kappa shape index (κ1) is 27.5. The number of aliphatic hydroxyl groups excluding tert-OH is 1. The number of hydrogen-bond donors (Lipinski definition) is 2. The number of carboxylic acids is 1. The summed E-state index contributed by atoms with van der Waals surface area (Å²) in [5.74, 6) is 0.798. The smallest absolute Gasteiger partial charge is 0.335 e. The molecule has 1 aromatic rings. The summed E-state index contributed by atoms with van der Waals surface area (Å²) in [5, 5.41) is 20.5. The molecular weight excluding hydrogens is 480 g/mol. The van der Waals surface area contributed by atoms with Crippen LogP contribution in [0.25, 0.3) is 0 Å². The summed E-state index contributed by atoms with van der Waals surface area (Å²) in [6.07, 6.45) is 7.04. The molecule has 208 valence electrons. The Balaban J connectivity index is 1.46. The molecule has 0 amide bonds. The molecule has 0 radical (unpaired) electrons. The Morgan fingerprint density at radius 2 is 1.82 bits per heavy atom. The van der Waals surface area contributed by atoms with E-state index in [4.69, 9.17) is 9.47 Å². The first-order chi connectivity index (χ1) is 18.0. The SMILES string of the molecule is CCOC1C=C2C(OCc3ccc(C(=O)O)cc3C)[C@@H](O)CC[C@]2(C)C2CC[C@@]3(C)C(CC[C@@H]3C(C)=O)C12. The number of aliphatic hydroxyl groups is 1. The summed E-state index contributed by atoms with van der Waals surface area (Å²) in [4.78, 5) is 23.9. The van der Waals surface area contributed by atoms with E-state index in [1.807, 2.05) is 19.9 Å². The van der Waals surface area contributed by atoms with Gasteiger partial charge in [-0.15, -0.1) is 0 Å². The van der Waals surface area contributed by atoms with E-state index in [0.29, 0.717) is 43.2 Å². The Bertz CT molecular complexity index is 1120. The van der Waals surface area contributed by atoms with Gasteiger partial charge in [0.1, 0.15) is 11.9 Å². The van der Waals surface area contributed by atoms with Crippen LogP contribution in [-0.4, -0.2) is 46.9 Å². The van der Waals surface area contributed by atoms with Gasteiger partial charge in [-0.25, -0.2) is 4.79 Å². The Hall–Kier alpha value is -2.02. The average molecular weight is 525 g/mol. The summed E-state index contributed by atoms with van der Waals surface area (Å²) in [6.45, 7) is 11.4. The fraction of sp³-hybridized carbons (Fsp3) is 0.688. The number of aromatic carboxylic acids is 1. The zero-order valence-corrected chi connectivity index (χ0v) is 23.5. The van der Waals surface area contributed by atoms with Crippen molar-refractivity contribution in [1.82, 2.24) is 0 Å². The number of benzene rings is 1. The van der Waals surface area contributed by atoms with Crippen LogP contribution in [0.4, 0.5) is 0 Å². The van der Waals surface area contributed by atoms with Crippen LogP contribution in [-0.2, 0) is 20.9 Å². The molecule has 5 unspecified atom stereocenters. The highest BCUT2D eigenvalue weighted by Crippen LogP contribution is 2.66. The molecule has 0 heterocycles. The van der Waals surface area contributed by atoms with Crippen molar-refractivity contribution in [3.05, 3.63) is 46.5 Å². The van der Waals surface area contributed by atoms with E-state index in [-0.39, 0.29) is 28.4 Å². The van der Waals surface area contributed by atoms with Crippen LogP contribution in [0.2, 0.25) is 0 Å². The van der Waals surface area contributed by atoms with Crippen LogP contribution >= 0.6 is 0 Å². The summed E-state index contributed by atoms with van der Waals surface area (Å²) in [6, 6.07) is 5.10. The van der Waals surface area contributed by atoms with E-state index in [2.05, 4.69) is 19.9 Å². The number of carboxylic acid groups (broad SMARTS) is 1. The van der Waals surface area contributed by atoms with E-state index in [1.165, 1.54) is 5.57 Å². The number of rotatable bonds is 7. The zero-order valence-electron chi connectivity index (χ0n) is 23.5. The van der Waals surface area contributed by atoms with Crippen LogP contribution in [0, 0.1) is 41.4 Å². The third-order valence-corrected chi connectivity index (χ3v) is 11.0. The van der Waals surface area contributed by atoms with Crippen molar-refractivity contribution in [2.24, 2.45) is 34.5 Å². The van der Waals surface area contributed by atoms with Crippen molar-refractivity contribution in [2.45, 2.75) is 98.1 Å². The zero-order chi connectivity index (χ0) is 27.4. The van der Waals surface area contributed by atoms with Crippen molar-refractivity contribution in [2.75, 3.05) is 6.61 Å². The minimum absolute atomic E-state index is 0.0355. The van der Waals surface area contributed by atoms with Gasteiger partial charge >= 0.3 is 5.97 Å². The first-order valence-corrected chi connectivity index (χ1v) is 14.5. The van der Waals surface area contributed by atoms with E-state index in [0.717, 1.165) is 43.2 Å². The fourth-order valence-corrected chi connectivity index (χ4v) is 9.04. The highest BCUT2D eigenvalue weighted by molar-refractivity contribution is 5.87. The lowest BCUT2D eigenvalue weighted by atomic mass is 9.46. The molecule has 0 saturated heterocycles. The molecule has 6 heteroatoms. The summed E-state index contributed by atoms with van der Waals surface area (Å²) in [5.41, 5.74) is 3.18. The van der Waals surface area contributed by atoms with Gasteiger partial charge in [0, 0.05) is 12.5 Å². The first-order valence-electron chi connectivity index (χ1n) is 14.5. The van der Waals surface area contributed by atoms with Gasteiger partial charge in [0.15, 0.2) is 0 Å².